The highest BCUT2D eigenvalue weighted by Crippen LogP contribution is 2.18. The lowest BCUT2D eigenvalue weighted by molar-refractivity contribution is 0.444. The average Bonchev–Trinajstić information content (AvgIpc) is 2.80. The molecular formula is C35H78F6. The lowest BCUT2D eigenvalue weighted by atomic mass is 10.0. The quantitative estimate of drug-likeness (QED) is 0.173. The van der Waals surface area contributed by atoms with E-state index >= 15 is 0 Å². The minimum atomic E-state index is -1.49. The zero-order chi connectivity index (χ0) is 25.0. The second-order valence-electron chi connectivity index (χ2n) is 5.31. The van der Waals surface area contributed by atoms with E-state index in [2.05, 4.69) is 0 Å². The normalized spacial score (nSPS) is 6.78. The van der Waals surface area contributed by atoms with Gasteiger partial charge in [0.25, 0.3) is 0 Å². The van der Waals surface area contributed by atoms with Gasteiger partial charge >= 0.3 is 0 Å². The van der Waals surface area contributed by atoms with Crippen LogP contribution in [-0.2, 0) is 12.8 Å². The van der Waals surface area contributed by atoms with Crippen LogP contribution in [0.5, 0.6) is 0 Å². The summed E-state index contributed by atoms with van der Waals surface area (Å²) in [5.74, 6) is -7.88. The van der Waals surface area contributed by atoms with Crippen LogP contribution in [0.4, 0.5) is 26.3 Å². The Balaban J connectivity index is -0.0000000366. The fourth-order valence-corrected chi connectivity index (χ4v) is 2.34. The summed E-state index contributed by atoms with van der Waals surface area (Å²) < 4.78 is 77.7. The maximum atomic E-state index is 13.0. The fourth-order valence-electron chi connectivity index (χ4n) is 2.34. The third-order valence-corrected chi connectivity index (χ3v) is 3.52. The summed E-state index contributed by atoms with van der Waals surface area (Å²) in [6.45, 7) is 16.0. The second kappa shape index (κ2) is 54.2. The van der Waals surface area contributed by atoms with Gasteiger partial charge in [0.15, 0.2) is 34.9 Å². The van der Waals surface area contributed by atoms with Crippen LogP contribution in [0.25, 0.3) is 0 Å². The van der Waals surface area contributed by atoms with Gasteiger partial charge in [-0.05, 0) is 61.1 Å². The summed E-state index contributed by atoms with van der Waals surface area (Å²) in [5.41, 5.74) is 0.695. The molecule has 6 heteroatoms. The lowest BCUT2D eigenvalue weighted by Gasteiger charge is -2.05. The minimum Gasteiger partial charge on any atom is -0.204 e. The van der Waals surface area contributed by atoms with Crippen LogP contribution in [0.1, 0.15) is 160 Å². The van der Waals surface area contributed by atoms with Crippen LogP contribution in [0.15, 0.2) is 24.3 Å². The number of unbranched alkanes of at least 4 members (excludes halogenated alkanes) is 2. The molecule has 0 aliphatic rings. The Hall–Kier alpha value is -1.98. The van der Waals surface area contributed by atoms with E-state index in [4.69, 9.17) is 0 Å². The van der Waals surface area contributed by atoms with Crippen molar-refractivity contribution in [3.63, 3.8) is 0 Å². The van der Waals surface area contributed by atoms with Gasteiger partial charge in [0.1, 0.15) is 0 Å². The third kappa shape index (κ3) is 34.1. The third-order valence-electron chi connectivity index (χ3n) is 3.52. The molecule has 0 nitrogen and oxygen atoms in total. The minimum absolute atomic E-state index is 0. The van der Waals surface area contributed by atoms with E-state index in [0.29, 0.717) is 43.2 Å². The van der Waals surface area contributed by atoms with Crippen molar-refractivity contribution >= 4 is 0 Å². The Labute approximate surface area is 258 Å². The molecule has 0 aliphatic heterocycles. The predicted molar refractivity (Wildman–Crippen MR) is 187 cm³/mol. The van der Waals surface area contributed by atoms with E-state index in [1.54, 1.807) is 0 Å². The van der Waals surface area contributed by atoms with Crippen molar-refractivity contribution in [2.24, 2.45) is 0 Å². The first kappa shape index (κ1) is 83.3. The molecule has 2 aromatic rings. The molecule has 0 saturated carbocycles. The standard InChI is InChI=1S/C17H14F6.4C2H6.10CH4/c18-12-6-10(7-13(19)16(12)22)4-2-1-3-5-11-8-14(20)17(23)15(21)9-11;4*1-2;;;;;;;;;;/h6-9H,1-5H2;4*1-2H3;10*1H4. The van der Waals surface area contributed by atoms with Gasteiger partial charge < -0.3 is 0 Å². The summed E-state index contributed by atoms with van der Waals surface area (Å²) in [4.78, 5) is 0. The van der Waals surface area contributed by atoms with Crippen molar-refractivity contribution in [2.45, 2.75) is 162 Å². The molecule has 0 aliphatic carbocycles. The molecule has 0 bridgehead atoms. The smallest absolute Gasteiger partial charge is 0.194 e. The average molecular weight is 613 g/mol. The molecule has 0 fully saturated rings. The summed E-state index contributed by atoms with van der Waals surface area (Å²) in [7, 11) is 0. The molecule has 0 N–H and O–H groups in total. The van der Waals surface area contributed by atoms with Gasteiger partial charge in [-0.15, -0.1) is 0 Å². The van der Waals surface area contributed by atoms with Gasteiger partial charge in [0, 0.05) is 0 Å². The van der Waals surface area contributed by atoms with Gasteiger partial charge in [-0.1, -0.05) is 136 Å². The molecular weight excluding hydrogens is 534 g/mol. The zero-order valence-electron chi connectivity index (χ0n) is 20.1. The Morgan fingerprint density at radius 3 is 0.683 bits per heavy atom. The second-order valence-corrected chi connectivity index (χ2v) is 5.31. The first-order valence-electron chi connectivity index (χ1n) is 11.2. The molecule has 260 valence electrons. The zero-order valence-corrected chi connectivity index (χ0v) is 20.1. The summed E-state index contributed by atoms with van der Waals surface area (Å²) in [5, 5.41) is 0. The number of hydrogen-bond acceptors (Lipinski definition) is 0. The highest BCUT2D eigenvalue weighted by molar-refractivity contribution is 5.20. The van der Waals surface area contributed by atoms with Crippen LogP contribution in [0, 0.1) is 34.9 Å². The lowest BCUT2D eigenvalue weighted by Crippen LogP contribution is -1.97. The predicted octanol–water partition coefficient (Wildman–Crippen LogP) is 15.9. The number of rotatable bonds is 6. The molecule has 0 aromatic heterocycles. The first-order valence-corrected chi connectivity index (χ1v) is 11.2. The Kier molecular flexibility index (Phi) is 110. The molecule has 0 saturated heterocycles. The number of hydrogen-bond donors (Lipinski definition) is 0. The molecule has 41 heavy (non-hydrogen) atoms. The van der Waals surface area contributed by atoms with Gasteiger partial charge in [-0.2, -0.15) is 0 Å². The van der Waals surface area contributed by atoms with Gasteiger partial charge in [0.05, 0.1) is 0 Å². The fraction of sp³-hybridized carbons (Fsp3) is 0.657. The van der Waals surface area contributed by atoms with E-state index in [0.717, 1.165) is 24.3 Å². The molecule has 0 atom stereocenters. The molecule has 0 unspecified atom stereocenters. The topological polar surface area (TPSA) is 0 Å². The van der Waals surface area contributed by atoms with Crippen molar-refractivity contribution in [1.82, 2.24) is 0 Å². The van der Waals surface area contributed by atoms with E-state index in [-0.39, 0.29) is 74.3 Å². The summed E-state index contributed by atoms with van der Waals surface area (Å²) >= 11 is 0. The van der Waals surface area contributed by atoms with Crippen LogP contribution in [-0.4, -0.2) is 0 Å². The molecule has 0 amide bonds. The Morgan fingerprint density at radius 1 is 0.341 bits per heavy atom. The van der Waals surface area contributed by atoms with E-state index in [9.17, 15) is 26.3 Å². The molecule has 2 rings (SSSR count). The van der Waals surface area contributed by atoms with Crippen molar-refractivity contribution < 1.29 is 26.3 Å². The summed E-state index contributed by atoms with van der Waals surface area (Å²) in [6.07, 6.45) is 2.52. The maximum Gasteiger partial charge on any atom is 0.194 e. The van der Waals surface area contributed by atoms with E-state index < -0.39 is 34.9 Å². The van der Waals surface area contributed by atoms with Crippen molar-refractivity contribution in [3.05, 3.63) is 70.3 Å². The SMILES string of the molecule is C.C.C.C.C.C.C.C.C.C.CC.CC.CC.CC.Fc1cc(CCCCCc2cc(F)c(F)c(F)c2)cc(F)c1F. The van der Waals surface area contributed by atoms with Crippen LogP contribution < -0.4 is 0 Å². The highest BCUT2D eigenvalue weighted by atomic mass is 19.2. The van der Waals surface area contributed by atoms with E-state index in [1.807, 2.05) is 55.4 Å². The number of halogens is 6. The molecule has 0 radical (unpaired) electrons. The van der Waals surface area contributed by atoms with Crippen molar-refractivity contribution in [3.8, 4) is 0 Å². The monoisotopic (exact) mass is 613 g/mol. The van der Waals surface area contributed by atoms with Crippen LogP contribution >= 0.6 is 0 Å². The number of aryl methyl sites for hydroxylation is 2. The maximum absolute atomic E-state index is 13.0. The first-order chi connectivity index (χ1) is 14.9. The van der Waals surface area contributed by atoms with Crippen molar-refractivity contribution in [1.29, 1.82) is 0 Å². The van der Waals surface area contributed by atoms with Crippen molar-refractivity contribution in [2.75, 3.05) is 0 Å². The highest BCUT2D eigenvalue weighted by Gasteiger charge is 2.11. The van der Waals surface area contributed by atoms with Crippen LogP contribution in [0.3, 0.4) is 0 Å². The van der Waals surface area contributed by atoms with E-state index in [1.165, 1.54) is 0 Å². The largest absolute Gasteiger partial charge is 0.204 e. The number of benzene rings is 2. The van der Waals surface area contributed by atoms with Gasteiger partial charge in [0.2, 0.25) is 0 Å². The van der Waals surface area contributed by atoms with Crippen LogP contribution in [0.2, 0.25) is 0 Å². The Bertz CT molecular complexity index is 596. The van der Waals surface area contributed by atoms with Gasteiger partial charge in [-0.3, -0.25) is 0 Å². The molecule has 0 heterocycles. The van der Waals surface area contributed by atoms with Gasteiger partial charge in [-0.25, -0.2) is 26.3 Å². The summed E-state index contributed by atoms with van der Waals surface area (Å²) in [6, 6.07) is 3.79. The molecule has 2 aromatic carbocycles. The molecule has 0 spiro atoms. The Morgan fingerprint density at radius 2 is 0.512 bits per heavy atom.